The normalized spacial score (nSPS) is 27.4. The average Bonchev–Trinajstić information content (AvgIpc) is 2.55. The molecular weight excluding hydrogens is 196 g/mol. The number of carbonyl (C=O) groups is 1. The van der Waals surface area contributed by atoms with Gasteiger partial charge in [0.2, 0.25) is 5.91 Å². The first-order valence-electron chi connectivity index (χ1n) is 5.42. The van der Waals surface area contributed by atoms with E-state index >= 15 is 0 Å². The molecule has 0 aromatic carbocycles. The first-order valence-corrected chi connectivity index (χ1v) is 6.57. The SMILES string of the molecule is CCN(C(=O)C1CNC1)[C@H]1CCSC1. The van der Waals surface area contributed by atoms with Gasteiger partial charge in [0, 0.05) is 31.4 Å². The van der Waals surface area contributed by atoms with Gasteiger partial charge in [0.15, 0.2) is 0 Å². The van der Waals surface area contributed by atoms with E-state index in [1.807, 2.05) is 11.8 Å². The van der Waals surface area contributed by atoms with Gasteiger partial charge in [0.05, 0.1) is 5.92 Å². The molecule has 80 valence electrons. The highest BCUT2D eigenvalue weighted by Gasteiger charge is 2.33. The molecule has 2 aliphatic rings. The number of rotatable bonds is 3. The third kappa shape index (κ3) is 1.91. The standard InChI is InChI=1S/C10H18N2OS/c1-2-12(9-3-4-14-7-9)10(13)8-5-11-6-8/h8-9,11H,2-7H2,1H3/t9-/m0/s1. The molecule has 0 unspecified atom stereocenters. The number of nitrogens with one attached hydrogen (secondary N) is 1. The zero-order valence-corrected chi connectivity index (χ0v) is 9.48. The molecule has 1 N–H and O–H groups in total. The molecule has 0 aliphatic carbocycles. The lowest BCUT2D eigenvalue weighted by molar-refractivity contribution is -0.138. The Morgan fingerprint density at radius 2 is 2.36 bits per heavy atom. The van der Waals surface area contributed by atoms with Gasteiger partial charge in [0.1, 0.15) is 0 Å². The maximum Gasteiger partial charge on any atom is 0.228 e. The van der Waals surface area contributed by atoms with E-state index in [0.29, 0.717) is 11.9 Å². The first kappa shape index (κ1) is 10.3. The number of hydrogen-bond donors (Lipinski definition) is 1. The smallest absolute Gasteiger partial charge is 0.228 e. The molecule has 3 nitrogen and oxygen atoms in total. The molecule has 2 rings (SSSR count). The maximum atomic E-state index is 12.0. The van der Waals surface area contributed by atoms with E-state index in [4.69, 9.17) is 0 Å². The summed E-state index contributed by atoms with van der Waals surface area (Å²) in [6, 6.07) is 0.512. The van der Waals surface area contributed by atoms with Gasteiger partial charge >= 0.3 is 0 Å². The first-order chi connectivity index (χ1) is 6.83. The zero-order chi connectivity index (χ0) is 9.97. The molecule has 2 aliphatic heterocycles. The summed E-state index contributed by atoms with van der Waals surface area (Å²) in [4.78, 5) is 14.1. The molecule has 0 aromatic rings. The number of carbonyl (C=O) groups excluding carboxylic acids is 1. The molecule has 0 spiro atoms. The van der Waals surface area contributed by atoms with Gasteiger partial charge in [-0.05, 0) is 19.1 Å². The van der Waals surface area contributed by atoms with Crippen molar-refractivity contribution in [3.63, 3.8) is 0 Å². The summed E-state index contributed by atoms with van der Waals surface area (Å²) < 4.78 is 0. The van der Waals surface area contributed by atoms with Crippen LogP contribution in [0.25, 0.3) is 0 Å². The minimum atomic E-state index is 0.264. The van der Waals surface area contributed by atoms with Crippen LogP contribution >= 0.6 is 11.8 Å². The monoisotopic (exact) mass is 214 g/mol. The predicted molar refractivity (Wildman–Crippen MR) is 59.5 cm³/mol. The van der Waals surface area contributed by atoms with Crippen LogP contribution in [0.4, 0.5) is 0 Å². The van der Waals surface area contributed by atoms with Crippen LogP contribution in [0.2, 0.25) is 0 Å². The van der Waals surface area contributed by atoms with Crippen LogP contribution in [0.5, 0.6) is 0 Å². The van der Waals surface area contributed by atoms with Crippen LogP contribution in [0, 0.1) is 5.92 Å². The second kappa shape index (κ2) is 4.53. The van der Waals surface area contributed by atoms with Crippen molar-refractivity contribution in [1.82, 2.24) is 10.2 Å². The van der Waals surface area contributed by atoms with E-state index in [2.05, 4.69) is 17.1 Å². The second-order valence-electron chi connectivity index (χ2n) is 4.00. The highest BCUT2D eigenvalue weighted by atomic mass is 32.2. The Morgan fingerprint density at radius 3 is 2.79 bits per heavy atom. The van der Waals surface area contributed by atoms with Crippen LogP contribution in [0.1, 0.15) is 13.3 Å². The topological polar surface area (TPSA) is 32.3 Å². The highest BCUT2D eigenvalue weighted by molar-refractivity contribution is 7.99. The Hall–Kier alpha value is -0.220. The van der Waals surface area contributed by atoms with Crippen molar-refractivity contribution in [1.29, 1.82) is 0 Å². The molecule has 0 bridgehead atoms. The molecular formula is C10H18N2OS. The van der Waals surface area contributed by atoms with Gasteiger partial charge in [-0.3, -0.25) is 4.79 Å². The predicted octanol–water partition coefficient (Wildman–Crippen LogP) is 0.560. The minimum absolute atomic E-state index is 0.264. The van der Waals surface area contributed by atoms with E-state index in [1.165, 1.54) is 12.2 Å². The van der Waals surface area contributed by atoms with Crippen LogP contribution in [0.15, 0.2) is 0 Å². The van der Waals surface area contributed by atoms with E-state index in [9.17, 15) is 4.79 Å². The van der Waals surface area contributed by atoms with Crippen LogP contribution < -0.4 is 5.32 Å². The van der Waals surface area contributed by atoms with Crippen molar-refractivity contribution in [3.05, 3.63) is 0 Å². The lowest BCUT2D eigenvalue weighted by atomic mass is 10.0. The minimum Gasteiger partial charge on any atom is -0.339 e. The molecule has 0 saturated carbocycles. The second-order valence-corrected chi connectivity index (χ2v) is 5.15. The summed E-state index contributed by atoms with van der Waals surface area (Å²) in [7, 11) is 0. The summed E-state index contributed by atoms with van der Waals surface area (Å²) in [5, 5.41) is 3.16. The average molecular weight is 214 g/mol. The highest BCUT2D eigenvalue weighted by Crippen LogP contribution is 2.24. The Balaban J connectivity index is 1.93. The summed E-state index contributed by atoms with van der Waals surface area (Å²) in [5.41, 5.74) is 0. The molecule has 1 amide bonds. The van der Waals surface area contributed by atoms with Crippen molar-refractivity contribution >= 4 is 17.7 Å². The Bertz CT molecular complexity index is 212. The van der Waals surface area contributed by atoms with Crippen molar-refractivity contribution in [2.24, 2.45) is 5.92 Å². The fourth-order valence-corrected chi connectivity index (χ4v) is 3.28. The fourth-order valence-electron chi connectivity index (χ4n) is 2.06. The molecule has 0 radical (unpaired) electrons. The van der Waals surface area contributed by atoms with Crippen molar-refractivity contribution in [3.8, 4) is 0 Å². The lowest BCUT2D eigenvalue weighted by Crippen LogP contribution is -2.54. The maximum absolute atomic E-state index is 12.0. The summed E-state index contributed by atoms with van der Waals surface area (Å²) in [6.07, 6.45) is 1.18. The third-order valence-corrected chi connectivity index (χ3v) is 4.25. The van der Waals surface area contributed by atoms with Crippen molar-refractivity contribution in [2.45, 2.75) is 19.4 Å². The largest absolute Gasteiger partial charge is 0.339 e. The van der Waals surface area contributed by atoms with Gasteiger partial charge < -0.3 is 10.2 Å². The molecule has 1 atom stereocenters. The van der Waals surface area contributed by atoms with Gasteiger partial charge in [-0.2, -0.15) is 11.8 Å². The molecule has 2 saturated heterocycles. The number of amides is 1. The van der Waals surface area contributed by atoms with Gasteiger partial charge in [-0.1, -0.05) is 0 Å². The summed E-state index contributed by atoms with van der Waals surface area (Å²) in [6.45, 7) is 4.73. The van der Waals surface area contributed by atoms with E-state index < -0.39 is 0 Å². The Morgan fingerprint density at radius 1 is 1.57 bits per heavy atom. The van der Waals surface area contributed by atoms with Crippen molar-refractivity contribution in [2.75, 3.05) is 31.1 Å². The van der Waals surface area contributed by atoms with E-state index in [1.54, 1.807) is 0 Å². The number of nitrogens with zero attached hydrogens (tertiary/aromatic N) is 1. The quantitative estimate of drug-likeness (QED) is 0.745. The molecule has 2 heterocycles. The third-order valence-electron chi connectivity index (χ3n) is 3.10. The van der Waals surface area contributed by atoms with Gasteiger partial charge in [0.25, 0.3) is 0 Å². The van der Waals surface area contributed by atoms with Crippen LogP contribution in [-0.2, 0) is 4.79 Å². The van der Waals surface area contributed by atoms with Crippen LogP contribution in [0.3, 0.4) is 0 Å². The van der Waals surface area contributed by atoms with E-state index in [-0.39, 0.29) is 5.92 Å². The van der Waals surface area contributed by atoms with E-state index in [0.717, 1.165) is 25.4 Å². The summed E-state index contributed by atoms with van der Waals surface area (Å²) >= 11 is 1.97. The molecule has 14 heavy (non-hydrogen) atoms. The molecule has 4 heteroatoms. The Kier molecular flexibility index (Phi) is 3.34. The van der Waals surface area contributed by atoms with Crippen LogP contribution in [-0.4, -0.2) is 48.0 Å². The Labute approximate surface area is 89.6 Å². The molecule has 2 fully saturated rings. The van der Waals surface area contributed by atoms with Gasteiger partial charge in [-0.25, -0.2) is 0 Å². The molecule has 0 aromatic heterocycles. The lowest BCUT2D eigenvalue weighted by Gasteiger charge is -2.35. The van der Waals surface area contributed by atoms with Gasteiger partial charge in [-0.15, -0.1) is 0 Å². The number of thioether (sulfide) groups is 1. The van der Waals surface area contributed by atoms with Crippen molar-refractivity contribution < 1.29 is 4.79 Å². The number of hydrogen-bond acceptors (Lipinski definition) is 3. The summed E-state index contributed by atoms with van der Waals surface area (Å²) in [5.74, 6) is 3.00. The zero-order valence-electron chi connectivity index (χ0n) is 8.66. The fraction of sp³-hybridized carbons (Fsp3) is 0.900.